The Hall–Kier alpha value is -0.820. The normalized spacial score (nSPS) is 46.5. The maximum atomic E-state index is 10.5. The molecule has 1 nitrogen and oxygen atoms in total. The Kier molecular flexibility index (Phi) is 2.79. The summed E-state index contributed by atoms with van der Waals surface area (Å²) in [7, 11) is 0. The maximum Gasteiger partial charge on any atom is 0.0596 e. The van der Waals surface area contributed by atoms with Crippen molar-refractivity contribution in [2.24, 2.45) is 23.2 Å². The Balaban J connectivity index is 1.76. The van der Waals surface area contributed by atoms with Crippen LogP contribution < -0.4 is 0 Å². The van der Waals surface area contributed by atoms with E-state index in [0.717, 1.165) is 30.1 Å². The van der Waals surface area contributed by atoms with Gasteiger partial charge in [-0.3, -0.25) is 0 Å². The van der Waals surface area contributed by atoms with Crippen molar-refractivity contribution < 1.29 is 5.11 Å². The highest BCUT2D eigenvalue weighted by Crippen LogP contribution is 2.61. The summed E-state index contributed by atoms with van der Waals surface area (Å²) in [6.07, 6.45) is 5.93. The average molecular weight is 270 g/mol. The summed E-state index contributed by atoms with van der Waals surface area (Å²) in [6, 6.07) is 9.10. The fourth-order valence-corrected chi connectivity index (χ4v) is 5.89. The number of aliphatic hydroxyl groups excluding tert-OH is 1. The quantitative estimate of drug-likeness (QED) is 0.751. The zero-order valence-electron chi connectivity index (χ0n) is 12.7. The van der Waals surface area contributed by atoms with Crippen molar-refractivity contribution >= 4 is 0 Å². The highest BCUT2D eigenvalue weighted by molar-refractivity contribution is 5.35. The van der Waals surface area contributed by atoms with Crippen molar-refractivity contribution in [2.75, 3.05) is 0 Å². The molecule has 0 spiro atoms. The molecular formula is C19H26O. The summed E-state index contributed by atoms with van der Waals surface area (Å²) in [5.74, 6) is 3.04. The molecule has 3 aliphatic rings. The smallest absolute Gasteiger partial charge is 0.0596 e. The summed E-state index contributed by atoms with van der Waals surface area (Å²) < 4.78 is 0. The van der Waals surface area contributed by atoms with Gasteiger partial charge in [-0.05, 0) is 72.3 Å². The van der Waals surface area contributed by atoms with E-state index in [9.17, 15) is 5.11 Å². The molecule has 0 saturated heterocycles. The third kappa shape index (κ3) is 1.59. The molecule has 20 heavy (non-hydrogen) atoms. The second-order valence-corrected chi connectivity index (χ2v) is 7.81. The average Bonchev–Trinajstić information content (AvgIpc) is 2.75. The van der Waals surface area contributed by atoms with Gasteiger partial charge in [0.25, 0.3) is 0 Å². The van der Waals surface area contributed by atoms with Crippen molar-refractivity contribution in [3.05, 3.63) is 35.4 Å². The van der Waals surface area contributed by atoms with Crippen molar-refractivity contribution in [3.63, 3.8) is 0 Å². The Labute approximate surface area is 122 Å². The van der Waals surface area contributed by atoms with Crippen molar-refractivity contribution in [1.82, 2.24) is 0 Å². The minimum atomic E-state index is -0.0576. The maximum absolute atomic E-state index is 10.5. The Bertz CT molecular complexity index is 522. The van der Waals surface area contributed by atoms with Gasteiger partial charge >= 0.3 is 0 Å². The van der Waals surface area contributed by atoms with Crippen LogP contribution in [0.4, 0.5) is 0 Å². The van der Waals surface area contributed by atoms with Crippen LogP contribution in [0, 0.1) is 23.2 Å². The molecular weight excluding hydrogens is 244 g/mol. The largest absolute Gasteiger partial charge is 0.393 e. The van der Waals surface area contributed by atoms with E-state index < -0.39 is 0 Å². The second kappa shape index (κ2) is 4.34. The van der Waals surface area contributed by atoms with E-state index in [1.807, 2.05) is 0 Å². The lowest BCUT2D eigenvalue weighted by molar-refractivity contribution is -0.0356. The van der Waals surface area contributed by atoms with Gasteiger partial charge in [0, 0.05) is 0 Å². The van der Waals surface area contributed by atoms with Gasteiger partial charge in [0.15, 0.2) is 0 Å². The number of aliphatic hydroxyl groups is 1. The SMILES string of the molecule is C[C@@H]1Cc2ccccc2[C@H]2CCC3(C)C(O)CC[C@H]3C12. The molecule has 0 heterocycles. The van der Waals surface area contributed by atoms with Crippen LogP contribution in [-0.2, 0) is 6.42 Å². The van der Waals surface area contributed by atoms with Crippen LogP contribution in [0.1, 0.15) is 56.6 Å². The minimum Gasteiger partial charge on any atom is -0.393 e. The summed E-state index contributed by atoms with van der Waals surface area (Å²) in [5.41, 5.74) is 3.41. The molecule has 0 radical (unpaired) electrons. The van der Waals surface area contributed by atoms with E-state index in [1.165, 1.54) is 25.7 Å². The van der Waals surface area contributed by atoms with Crippen LogP contribution in [0.3, 0.4) is 0 Å². The van der Waals surface area contributed by atoms with E-state index >= 15 is 0 Å². The van der Waals surface area contributed by atoms with Gasteiger partial charge < -0.3 is 5.11 Å². The van der Waals surface area contributed by atoms with Crippen LogP contribution in [0.5, 0.6) is 0 Å². The second-order valence-electron chi connectivity index (χ2n) is 7.81. The topological polar surface area (TPSA) is 20.2 Å². The number of benzene rings is 1. The Morgan fingerprint density at radius 2 is 1.95 bits per heavy atom. The molecule has 1 aromatic rings. The van der Waals surface area contributed by atoms with Crippen molar-refractivity contribution in [1.29, 1.82) is 0 Å². The zero-order valence-corrected chi connectivity index (χ0v) is 12.7. The standard InChI is InChI=1S/C19H26O/c1-12-11-13-5-3-4-6-14(13)15-9-10-19(2)16(18(12)15)7-8-17(19)20/h3-6,12,15-18,20H,7-11H2,1-2H3/t12-,15-,16+,17?,18?,19?/m1/s1. The first-order valence-corrected chi connectivity index (χ1v) is 8.37. The van der Waals surface area contributed by atoms with E-state index in [4.69, 9.17) is 0 Å². The molecule has 1 heteroatoms. The van der Waals surface area contributed by atoms with Gasteiger partial charge in [-0.1, -0.05) is 38.1 Å². The molecule has 2 saturated carbocycles. The van der Waals surface area contributed by atoms with Gasteiger partial charge in [-0.2, -0.15) is 0 Å². The molecule has 3 unspecified atom stereocenters. The van der Waals surface area contributed by atoms with Gasteiger partial charge in [-0.15, -0.1) is 0 Å². The van der Waals surface area contributed by atoms with Crippen LogP contribution in [0.2, 0.25) is 0 Å². The first kappa shape index (κ1) is 12.9. The third-order valence-corrected chi connectivity index (χ3v) is 6.94. The van der Waals surface area contributed by atoms with Crippen LogP contribution in [0.15, 0.2) is 24.3 Å². The van der Waals surface area contributed by atoms with Gasteiger partial charge in [0.2, 0.25) is 0 Å². The summed E-state index contributed by atoms with van der Waals surface area (Å²) in [5, 5.41) is 10.5. The number of fused-ring (bicyclic) bond motifs is 5. The van der Waals surface area contributed by atoms with E-state index in [-0.39, 0.29) is 11.5 Å². The highest BCUT2D eigenvalue weighted by atomic mass is 16.3. The lowest BCUT2D eigenvalue weighted by Crippen LogP contribution is -2.46. The Morgan fingerprint density at radius 1 is 1.15 bits per heavy atom. The summed E-state index contributed by atoms with van der Waals surface area (Å²) >= 11 is 0. The molecule has 2 fully saturated rings. The molecule has 6 atom stereocenters. The predicted octanol–water partition coefficient (Wildman–Crippen LogP) is 4.15. The molecule has 0 aliphatic heterocycles. The third-order valence-electron chi connectivity index (χ3n) is 6.94. The number of hydrogen-bond donors (Lipinski definition) is 1. The summed E-state index contributed by atoms with van der Waals surface area (Å²) in [4.78, 5) is 0. The molecule has 3 aliphatic carbocycles. The van der Waals surface area contributed by atoms with Crippen LogP contribution >= 0.6 is 0 Å². The first-order chi connectivity index (χ1) is 9.61. The number of hydrogen-bond acceptors (Lipinski definition) is 1. The van der Waals surface area contributed by atoms with Gasteiger partial charge in [0.05, 0.1) is 6.10 Å². The monoisotopic (exact) mass is 270 g/mol. The van der Waals surface area contributed by atoms with Gasteiger partial charge in [0.1, 0.15) is 0 Å². The Morgan fingerprint density at radius 3 is 2.80 bits per heavy atom. The number of rotatable bonds is 0. The van der Waals surface area contributed by atoms with E-state index in [0.29, 0.717) is 0 Å². The van der Waals surface area contributed by atoms with E-state index in [2.05, 4.69) is 38.1 Å². The lowest BCUT2D eigenvalue weighted by Gasteiger charge is -2.52. The first-order valence-electron chi connectivity index (χ1n) is 8.37. The molecule has 0 aromatic heterocycles. The molecule has 1 aromatic carbocycles. The van der Waals surface area contributed by atoms with Crippen molar-refractivity contribution in [3.8, 4) is 0 Å². The zero-order chi connectivity index (χ0) is 13.9. The fourth-order valence-electron chi connectivity index (χ4n) is 5.89. The van der Waals surface area contributed by atoms with E-state index in [1.54, 1.807) is 11.1 Å². The molecule has 0 amide bonds. The molecule has 0 bridgehead atoms. The summed E-state index contributed by atoms with van der Waals surface area (Å²) in [6.45, 7) is 4.81. The van der Waals surface area contributed by atoms with Gasteiger partial charge in [-0.25, -0.2) is 0 Å². The predicted molar refractivity (Wildman–Crippen MR) is 81.6 cm³/mol. The fraction of sp³-hybridized carbons (Fsp3) is 0.684. The highest BCUT2D eigenvalue weighted by Gasteiger charge is 2.55. The lowest BCUT2D eigenvalue weighted by atomic mass is 9.53. The van der Waals surface area contributed by atoms with Crippen LogP contribution in [-0.4, -0.2) is 11.2 Å². The van der Waals surface area contributed by atoms with Crippen LogP contribution in [0.25, 0.3) is 0 Å². The minimum absolute atomic E-state index is 0.0576. The molecule has 108 valence electrons. The van der Waals surface area contributed by atoms with Crippen molar-refractivity contribution in [2.45, 2.75) is 58.0 Å². The molecule has 1 N–H and O–H groups in total. The molecule has 4 rings (SSSR count).